The number of nitrogens with zero attached hydrogens (tertiary/aromatic N) is 2. The number of hydrogen-bond donors (Lipinski definition) is 1. The van der Waals surface area contributed by atoms with Gasteiger partial charge in [-0.05, 0) is 75.4 Å². The normalized spacial score (nSPS) is 19.4. The van der Waals surface area contributed by atoms with Crippen LogP contribution in [0, 0.1) is 5.82 Å². The van der Waals surface area contributed by atoms with Crippen molar-refractivity contribution >= 4 is 21.6 Å². The van der Waals surface area contributed by atoms with Crippen LogP contribution in [0.2, 0.25) is 0 Å². The van der Waals surface area contributed by atoms with Gasteiger partial charge in [-0.15, -0.1) is 0 Å². The maximum absolute atomic E-state index is 13.2. The maximum Gasteiger partial charge on any atom is 0.124 e. The molecule has 0 saturated carbocycles. The average Bonchev–Trinajstić information content (AvgIpc) is 2.88. The third kappa shape index (κ3) is 3.83. The molecular weight excluding hydrogens is 299 g/mol. The van der Waals surface area contributed by atoms with Crippen molar-refractivity contribution in [2.24, 2.45) is 0 Å². The van der Waals surface area contributed by atoms with E-state index in [0.29, 0.717) is 6.42 Å². The summed E-state index contributed by atoms with van der Waals surface area (Å²) in [6.07, 6.45) is 5.18. The molecule has 1 aliphatic heterocycles. The van der Waals surface area contributed by atoms with Gasteiger partial charge in [-0.2, -0.15) is 4.37 Å². The third-order valence-electron chi connectivity index (χ3n) is 4.42. The quantitative estimate of drug-likeness (QED) is 0.913. The number of rotatable bonds is 5. The molecule has 2 aromatic rings. The van der Waals surface area contributed by atoms with E-state index in [2.05, 4.69) is 9.27 Å². The number of aliphatic hydroxyl groups is 1. The van der Waals surface area contributed by atoms with E-state index in [1.165, 1.54) is 42.9 Å². The first-order valence-corrected chi connectivity index (χ1v) is 8.79. The topological polar surface area (TPSA) is 36.4 Å². The fourth-order valence-corrected chi connectivity index (χ4v) is 4.06. The SMILES string of the molecule is CC(O)(CCc1nsc2cc(F)ccc12)CN1CCCCC1. The van der Waals surface area contributed by atoms with Crippen molar-refractivity contribution in [2.75, 3.05) is 19.6 Å². The Morgan fingerprint density at radius 3 is 2.86 bits per heavy atom. The molecular formula is C17H23FN2OS. The number of hydrogen-bond acceptors (Lipinski definition) is 4. The number of halogens is 1. The molecule has 3 rings (SSSR count). The van der Waals surface area contributed by atoms with Crippen molar-refractivity contribution in [3.63, 3.8) is 0 Å². The molecule has 1 saturated heterocycles. The highest BCUT2D eigenvalue weighted by Gasteiger charge is 2.25. The second kappa shape index (κ2) is 6.60. The molecule has 0 radical (unpaired) electrons. The van der Waals surface area contributed by atoms with Gasteiger partial charge in [0, 0.05) is 11.9 Å². The van der Waals surface area contributed by atoms with E-state index in [9.17, 15) is 9.50 Å². The zero-order chi connectivity index (χ0) is 15.6. The first-order valence-electron chi connectivity index (χ1n) is 8.02. The van der Waals surface area contributed by atoms with Gasteiger partial charge in [0.2, 0.25) is 0 Å². The average molecular weight is 322 g/mol. The van der Waals surface area contributed by atoms with Gasteiger partial charge in [-0.25, -0.2) is 4.39 Å². The Bertz CT molecular complexity index is 635. The summed E-state index contributed by atoms with van der Waals surface area (Å²) >= 11 is 1.33. The number of likely N-dealkylation sites (tertiary alicyclic amines) is 1. The van der Waals surface area contributed by atoms with Crippen molar-refractivity contribution in [3.05, 3.63) is 29.7 Å². The van der Waals surface area contributed by atoms with Crippen LogP contribution in [0.15, 0.2) is 18.2 Å². The molecule has 1 unspecified atom stereocenters. The molecule has 0 spiro atoms. The number of aromatic nitrogens is 1. The first kappa shape index (κ1) is 15.8. The van der Waals surface area contributed by atoms with Crippen LogP contribution in [0.1, 0.15) is 38.3 Å². The summed E-state index contributed by atoms with van der Waals surface area (Å²) in [5.74, 6) is -0.222. The van der Waals surface area contributed by atoms with Crippen LogP contribution in [0.25, 0.3) is 10.1 Å². The number of aryl methyl sites for hydroxylation is 1. The number of benzene rings is 1. The molecule has 1 atom stereocenters. The van der Waals surface area contributed by atoms with Crippen LogP contribution >= 0.6 is 11.5 Å². The van der Waals surface area contributed by atoms with Crippen molar-refractivity contribution in [3.8, 4) is 0 Å². The van der Waals surface area contributed by atoms with E-state index < -0.39 is 5.60 Å². The molecule has 0 amide bonds. The zero-order valence-corrected chi connectivity index (χ0v) is 13.8. The summed E-state index contributed by atoms with van der Waals surface area (Å²) in [6.45, 7) is 4.82. The molecule has 1 N–H and O–H groups in total. The summed E-state index contributed by atoms with van der Waals surface area (Å²) in [7, 11) is 0. The summed E-state index contributed by atoms with van der Waals surface area (Å²) in [6, 6.07) is 4.80. The van der Waals surface area contributed by atoms with Gasteiger partial charge in [0.1, 0.15) is 5.82 Å². The van der Waals surface area contributed by atoms with E-state index in [-0.39, 0.29) is 5.82 Å². The molecule has 22 heavy (non-hydrogen) atoms. The van der Waals surface area contributed by atoms with Crippen molar-refractivity contribution in [2.45, 2.75) is 44.6 Å². The monoisotopic (exact) mass is 322 g/mol. The Labute approximate surface area is 134 Å². The molecule has 5 heteroatoms. The number of piperidine rings is 1. The molecule has 1 aromatic carbocycles. The Morgan fingerprint density at radius 2 is 2.09 bits per heavy atom. The predicted molar refractivity (Wildman–Crippen MR) is 88.8 cm³/mol. The smallest absolute Gasteiger partial charge is 0.124 e. The van der Waals surface area contributed by atoms with Gasteiger partial charge < -0.3 is 10.0 Å². The molecule has 120 valence electrons. The summed E-state index contributed by atoms with van der Waals surface area (Å²) in [5.41, 5.74) is 0.270. The highest BCUT2D eigenvalue weighted by Crippen LogP contribution is 2.26. The van der Waals surface area contributed by atoms with Crippen LogP contribution in [0.4, 0.5) is 4.39 Å². The van der Waals surface area contributed by atoms with Crippen LogP contribution in [0.3, 0.4) is 0 Å². The van der Waals surface area contributed by atoms with E-state index in [0.717, 1.165) is 41.8 Å². The van der Waals surface area contributed by atoms with Crippen molar-refractivity contribution in [1.82, 2.24) is 9.27 Å². The molecule has 0 aliphatic carbocycles. The maximum atomic E-state index is 13.2. The minimum absolute atomic E-state index is 0.222. The van der Waals surface area contributed by atoms with Gasteiger partial charge in [0.15, 0.2) is 0 Å². The lowest BCUT2D eigenvalue weighted by molar-refractivity contribution is 0.00755. The van der Waals surface area contributed by atoms with Crippen LogP contribution in [0.5, 0.6) is 0 Å². The lowest BCUT2D eigenvalue weighted by Gasteiger charge is -2.33. The first-order chi connectivity index (χ1) is 10.5. The van der Waals surface area contributed by atoms with Crippen LogP contribution < -0.4 is 0 Å². The Kier molecular flexibility index (Phi) is 4.76. The van der Waals surface area contributed by atoms with Crippen LogP contribution in [-0.2, 0) is 6.42 Å². The van der Waals surface area contributed by atoms with E-state index in [1.54, 1.807) is 6.07 Å². The minimum Gasteiger partial charge on any atom is -0.389 e. The lowest BCUT2D eigenvalue weighted by Crippen LogP contribution is -2.43. The van der Waals surface area contributed by atoms with Gasteiger partial charge in [0.25, 0.3) is 0 Å². The standard InChI is InChI=1S/C17H23FN2OS/c1-17(21,12-20-9-3-2-4-10-20)8-7-15-14-6-5-13(18)11-16(14)22-19-15/h5-6,11,21H,2-4,7-10,12H2,1H3. The molecule has 3 nitrogen and oxygen atoms in total. The highest BCUT2D eigenvalue weighted by atomic mass is 32.1. The largest absolute Gasteiger partial charge is 0.389 e. The summed E-state index contributed by atoms with van der Waals surface area (Å²) < 4.78 is 18.5. The number of β-amino-alcohol motifs (C(OH)–C–C–N with tert-alkyl or cyclic N) is 1. The summed E-state index contributed by atoms with van der Waals surface area (Å²) in [5, 5.41) is 11.7. The van der Waals surface area contributed by atoms with E-state index in [4.69, 9.17) is 0 Å². The van der Waals surface area contributed by atoms with Gasteiger partial charge in [-0.3, -0.25) is 0 Å². The Morgan fingerprint density at radius 1 is 1.32 bits per heavy atom. The van der Waals surface area contributed by atoms with Gasteiger partial charge in [0.05, 0.1) is 16.0 Å². The van der Waals surface area contributed by atoms with E-state index in [1.807, 2.05) is 6.92 Å². The lowest BCUT2D eigenvalue weighted by atomic mass is 9.96. The summed E-state index contributed by atoms with van der Waals surface area (Å²) in [4.78, 5) is 2.36. The predicted octanol–water partition coefficient (Wildman–Crippen LogP) is 3.60. The Balaban J connectivity index is 1.62. The van der Waals surface area contributed by atoms with Crippen molar-refractivity contribution in [1.29, 1.82) is 0 Å². The third-order valence-corrected chi connectivity index (χ3v) is 5.27. The molecule has 1 aromatic heterocycles. The van der Waals surface area contributed by atoms with Gasteiger partial charge in [-0.1, -0.05) is 6.42 Å². The second-order valence-electron chi connectivity index (χ2n) is 6.60. The van der Waals surface area contributed by atoms with Crippen molar-refractivity contribution < 1.29 is 9.50 Å². The van der Waals surface area contributed by atoms with Crippen LogP contribution in [-0.4, -0.2) is 39.6 Å². The fraction of sp³-hybridized carbons (Fsp3) is 0.588. The molecule has 2 heterocycles. The number of fused-ring (bicyclic) bond motifs is 1. The highest BCUT2D eigenvalue weighted by molar-refractivity contribution is 7.13. The molecule has 1 aliphatic rings. The minimum atomic E-state index is -0.701. The second-order valence-corrected chi connectivity index (χ2v) is 7.41. The van der Waals surface area contributed by atoms with Gasteiger partial charge >= 0.3 is 0 Å². The molecule has 0 bridgehead atoms. The Hall–Kier alpha value is -1.04. The van der Waals surface area contributed by atoms with E-state index >= 15 is 0 Å². The zero-order valence-electron chi connectivity index (χ0n) is 13.0. The fourth-order valence-electron chi connectivity index (χ4n) is 3.21. The molecule has 1 fully saturated rings.